The van der Waals surface area contributed by atoms with E-state index >= 15 is 0 Å². The second kappa shape index (κ2) is 7.78. The van der Waals surface area contributed by atoms with E-state index in [2.05, 4.69) is 10.3 Å². The Balaban J connectivity index is 1.43. The lowest BCUT2D eigenvalue weighted by Crippen LogP contribution is -2.31. The molecule has 1 unspecified atom stereocenters. The fourth-order valence-corrected chi connectivity index (χ4v) is 5.22. The van der Waals surface area contributed by atoms with Crippen LogP contribution in [0, 0.1) is 0 Å². The van der Waals surface area contributed by atoms with Crippen LogP contribution in [0.1, 0.15) is 46.3 Å². The largest absolute Gasteiger partial charge is 0.448 e. The lowest BCUT2D eigenvalue weighted by atomic mass is 9.99. The van der Waals surface area contributed by atoms with Gasteiger partial charge in [-0.25, -0.2) is 9.78 Å². The summed E-state index contributed by atoms with van der Waals surface area (Å²) in [5.41, 5.74) is 2.09. The van der Waals surface area contributed by atoms with Gasteiger partial charge in [-0.1, -0.05) is 30.4 Å². The summed E-state index contributed by atoms with van der Waals surface area (Å²) in [6.45, 7) is 1.83. The highest BCUT2D eigenvalue weighted by molar-refractivity contribution is 7.22. The van der Waals surface area contributed by atoms with E-state index in [0.29, 0.717) is 16.4 Å². The molecule has 0 bridgehead atoms. The zero-order chi connectivity index (χ0) is 18.8. The number of benzene rings is 1. The van der Waals surface area contributed by atoms with E-state index < -0.39 is 12.1 Å². The van der Waals surface area contributed by atoms with E-state index in [-0.39, 0.29) is 5.91 Å². The third kappa shape index (κ3) is 3.89. The minimum atomic E-state index is -0.830. The van der Waals surface area contributed by atoms with Crippen LogP contribution < -0.4 is 5.32 Å². The maximum absolute atomic E-state index is 12.6. The molecular weight excluding hydrogens is 380 g/mol. The van der Waals surface area contributed by atoms with Crippen LogP contribution in [0.5, 0.6) is 0 Å². The third-order valence-electron chi connectivity index (χ3n) is 4.63. The smallest absolute Gasteiger partial charge is 0.349 e. The van der Waals surface area contributed by atoms with Crippen molar-refractivity contribution in [2.75, 3.05) is 5.32 Å². The molecule has 1 aliphatic carbocycles. The van der Waals surface area contributed by atoms with Crippen molar-refractivity contribution in [1.82, 2.24) is 4.98 Å². The van der Waals surface area contributed by atoms with Crippen LogP contribution in [0.3, 0.4) is 0 Å². The van der Waals surface area contributed by atoms with Crippen LogP contribution in [-0.4, -0.2) is 23.0 Å². The maximum atomic E-state index is 12.6. The molecule has 27 heavy (non-hydrogen) atoms. The molecule has 2 aromatic heterocycles. The third-order valence-corrected chi connectivity index (χ3v) is 6.80. The summed E-state index contributed by atoms with van der Waals surface area (Å²) in [5.74, 6) is -0.757. The minimum Gasteiger partial charge on any atom is -0.448 e. The quantitative estimate of drug-likeness (QED) is 0.624. The fourth-order valence-electron chi connectivity index (χ4n) is 3.21. The van der Waals surface area contributed by atoms with Gasteiger partial charge in [-0.15, -0.1) is 11.3 Å². The van der Waals surface area contributed by atoms with Crippen LogP contribution in [0.2, 0.25) is 0 Å². The van der Waals surface area contributed by atoms with E-state index in [9.17, 15) is 9.59 Å². The highest BCUT2D eigenvalue weighted by Crippen LogP contribution is 2.30. The first-order valence-corrected chi connectivity index (χ1v) is 10.8. The summed E-state index contributed by atoms with van der Waals surface area (Å²) in [5, 5.41) is 3.30. The molecule has 1 aliphatic rings. The summed E-state index contributed by atoms with van der Waals surface area (Å²) in [4.78, 5) is 31.4. The van der Waals surface area contributed by atoms with Gasteiger partial charge < -0.3 is 4.74 Å². The van der Waals surface area contributed by atoms with E-state index in [1.807, 2.05) is 37.3 Å². The standard InChI is InChI=1S/C20H20N2O3S2/c1-2-14(18(23)22-20-21-13-8-4-6-10-16(13)27-20)25-19(24)17-11-12-7-3-5-9-15(12)26-17/h4,6,8,10-11,14H,2-3,5,7,9H2,1H3,(H,21,22,23). The number of carbonyl (C=O) groups is 2. The van der Waals surface area contributed by atoms with Crippen LogP contribution in [-0.2, 0) is 22.4 Å². The first-order chi connectivity index (χ1) is 13.1. The molecule has 1 atom stereocenters. The van der Waals surface area contributed by atoms with Gasteiger partial charge in [0.2, 0.25) is 0 Å². The molecule has 5 nitrogen and oxygen atoms in total. The fraction of sp³-hybridized carbons (Fsp3) is 0.350. The number of hydrogen-bond donors (Lipinski definition) is 1. The zero-order valence-corrected chi connectivity index (χ0v) is 16.6. The molecule has 0 saturated heterocycles. The summed E-state index contributed by atoms with van der Waals surface area (Å²) < 4.78 is 6.51. The molecule has 0 aliphatic heterocycles. The number of esters is 1. The van der Waals surface area contributed by atoms with Crippen molar-refractivity contribution in [2.45, 2.75) is 45.1 Å². The zero-order valence-electron chi connectivity index (χ0n) is 15.0. The van der Waals surface area contributed by atoms with Crippen molar-refractivity contribution in [3.63, 3.8) is 0 Å². The Kier molecular flexibility index (Phi) is 5.22. The van der Waals surface area contributed by atoms with Crippen molar-refractivity contribution in [2.24, 2.45) is 0 Å². The Morgan fingerprint density at radius 2 is 2.04 bits per heavy atom. The number of thiophene rings is 1. The highest BCUT2D eigenvalue weighted by Gasteiger charge is 2.25. The SMILES string of the molecule is CCC(OC(=O)c1cc2c(s1)CCCC2)C(=O)Nc1nc2ccccc2s1. The number of aromatic nitrogens is 1. The molecule has 0 radical (unpaired) electrons. The van der Waals surface area contributed by atoms with Gasteiger partial charge in [0.05, 0.1) is 10.2 Å². The van der Waals surface area contributed by atoms with Crippen LogP contribution in [0.4, 0.5) is 5.13 Å². The second-order valence-electron chi connectivity index (χ2n) is 6.54. The minimum absolute atomic E-state index is 0.341. The number of aryl methyl sites for hydroxylation is 2. The van der Waals surface area contributed by atoms with Gasteiger partial charge >= 0.3 is 5.97 Å². The number of amides is 1. The van der Waals surface area contributed by atoms with Crippen molar-refractivity contribution < 1.29 is 14.3 Å². The van der Waals surface area contributed by atoms with Gasteiger partial charge in [0.1, 0.15) is 4.88 Å². The molecule has 1 amide bonds. The van der Waals surface area contributed by atoms with Gasteiger partial charge in [-0.05, 0) is 55.9 Å². The second-order valence-corrected chi connectivity index (χ2v) is 8.71. The van der Waals surface area contributed by atoms with Crippen LogP contribution >= 0.6 is 22.7 Å². The predicted octanol–water partition coefficient (Wildman–Crippen LogP) is 4.81. The van der Waals surface area contributed by atoms with Crippen LogP contribution in [0.25, 0.3) is 10.2 Å². The van der Waals surface area contributed by atoms with Crippen molar-refractivity contribution in [3.8, 4) is 0 Å². The Bertz CT molecular complexity index is 936. The van der Waals surface area contributed by atoms with Gasteiger partial charge in [0.15, 0.2) is 11.2 Å². The summed E-state index contributed by atoms with van der Waals surface area (Å²) in [7, 11) is 0. The van der Waals surface area contributed by atoms with E-state index in [4.69, 9.17) is 4.74 Å². The van der Waals surface area contributed by atoms with Crippen molar-refractivity contribution in [1.29, 1.82) is 0 Å². The van der Waals surface area contributed by atoms with Crippen molar-refractivity contribution >= 4 is 49.9 Å². The average molecular weight is 401 g/mol. The number of fused-ring (bicyclic) bond motifs is 2. The Hall–Kier alpha value is -2.25. The van der Waals surface area contributed by atoms with Gasteiger partial charge in [0.25, 0.3) is 5.91 Å². The first-order valence-electron chi connectivity index (χ1n) is 9.13. The summed E-state index contributed by atoms with van der Waals surface area (Å²) in [6.07, 6.45) is 3.97. The number of nitrogens with zero attached hydrogens (tertiary/aromatic N) is 1. The average Bonchev–Trinajstić information content (AvgIpc) is 3.28. The van der Waals surface area contributed by atoms with Gasteiger partial charge in [-0.3, -0.25) is 10.1 Å². The first kappa shape index (κ1) is 18.1. The van der Waals surface area contributed by atoms with E-state index in [1.54, 1.807) is 0 Å². The van der Waals surface area contributed by atoms with Gasteiger partial charge in [0, 0.05) is 4.88 Å². The van der Waals surface area contributed by atoms with Crippen molar-refractivity contribution in [3.05, 3.63) is 45.6 Å². The molecule has 4 rings (SSSR count). The number of thiazole rings is 1. The topological polar surface area (TPSA) is 68.3 Å². The lowest BCUT2D eigenvalue weighted by Gasteiger charge is -2.14. The molecule has 0 fully saturated rings. The number of nitrogens with one attached hydrogen (secondary N) is 1. The maximum Gasteiger partial charge on any atom is 0.349 e. The Labute approximate surface area is 165 Å². The number of para-hydroxylation sites is 1. The van der Waals surface area contributed by atoms with E-state index in [1.165, 1.54) is 46.0 Å². The highest BCUT2D eigenvalue weighted by atomic mass is 32.1. The number of hydrogen-bond acceptors (Lipinski definition) is 6. The molecule has 7 heteroatoms. The molecule has 140 valence electrons. The molecule has 3 aromatic rings. The number of carbonyl (C=O) groups excluding carboxylic acids is 2. The molecular formula is C20H20N2O3S2. The number of rotatable bonds is 5. The monoisotopic (exact) mass is 400 g/mol. The normalized spacial score (nSPS) is 14.6. The van der Waals surface area contributed by atoms with Crippen LogP contribution in [0.15, 0.2) is 30.3 Å². The summed E-state index contributed by atoms with van der Waals surface area (Å²) in [6, 6.07) is 9.63. The Morgan fingerprint density at radius 1 is 1.22 bits per heavy atom. The summed E-state index contributed by atoms with van der Waals surface area (Å²) >= 11 is 2.90. The number of anilines is 1. The molecule has 0 saturated carbocycles. The molecule has 1 aromatic carbocycles. The number of ether oxygens (including phenoxy) is 1. The lowest BCUT2D eigenvalue weighted by molar-refractivity contribution is -0.124. The predicted molar refractivity (Wildman–Crippen MR) is 109 cm³/mol. The molecule has 2 heterocycles. The molecule has 1 N–H and O–H groups in total. The van der Waals surface area contributed by atoms with E-state index in [0.717, 1.165) is 23.1 Å². The Morgan fingerprint density at radius 3 is 2.81 bits per heavy atom. The molecule has 0 spiro atoms. The van der Waals surface area contributed by atoms with Gasteiger partial charge in [-0.2, -0.15) is 0 Å².